The summed E-state index contributed by atoms with van der Waals surface area (Å²) >= 11 is 0. The maximum atomic E-state index is 12.4. The average Bonchev–Trinajstić information content (AvgIpc) is 2.58. The van der Waals surface area contributed by atoms with E-state index in [9.17, 15) is 9.59 Å². The van der Waals surface area contributed by atoms with Crippen LogP contribution < -0.4 is 15.4 Å². The van der Waals surface area contributed by atoms with Crippen LogP contribution in [0.4, 0.5) is 5.69 Å². The van der Waals surface area contributed by atoms with Gasteiger partial charge in [-0.15, -0.1) is 0 Å². The number of nitrogens with one attached hydrogen (secondary N) is 2. The molecule has 0 aromatic heterocycles. The number of ether oxygens (including phenoxy) is 1. The quantitative estimate of drug-likeness (QED) is 0.795. The van der Waals surface area contributed by atoms with Crippen molar-refractivity contribution in [1.82, 2.24) is 5.32 Å². The van der Waals surface area contributed by atoms with Gasteiger partial charge in [-0.3, -0.25) is 9.59 Å². The van der Waals surface area contributed by atoms with Crippen molar-refractivity contribution in [1.29, 1.82) is 0 Å². The lowest BCUT2D eigenvalue weighted by Crippen LogP contribution is -2.28. The van der Waals surface area contributed by atoms with Crippen LogP contribution >= 0.6 is 0 Å². The van der Waals surface area contributed by atoms with E-state index in [1.54, 1.807) is 12.1 Å². The van der Waals surface area contributed by atoms with Crippen LogP contribution in [0.3, 0.4) is 0 Å². The lowest BCUT2D eigenvalue weighted by atomic mass is 10.0. The third-order valence-corrected chi connectivity index (χ3v) is 3.95. The number of aryl methyl sites for hydroxylation is 1. The Morgan fingerprint density at radius 1 is 1.12 bits per heavy atom. The van der Waals surface area contributed by atoms with E-state index < -0.39 is 0 Å². The maximum absolute atomic E-state index is 12.4. The zero-order valence-corrected chi connectivity index (χ0v) is 15.8. The molecule has 0 saturated heterocycles. The minimum Gasteiger partial charge on any atom is -0.494 e. The Morgan fingerprint density at radius 2 is 1.81 bits per heavy atom. The molecule has 2 amide bonds. The number of amides is 2. The molecule has 1 atom stereocenters. The first-order valence-electron chi connectivity index (χ1n) is 8.78. The summed E-state index contributed by atoms with van der Waals surface area (Å²) in [5.74, 6) is 0.617. The standard InChI is InChI=1S/C21H26N2O3/c1-5-26-20-11-6-14(2)12-19(20)15(3)22-21(25)13-17-7-9-18(10-8-17)23-16(4)24/h6-12,15H,5,13H2,1-4H3,(H,22,25)(H,23,24). The van der Waals surface area contributed by atoms with Crippen molar-refractivity contribution >= 4 is 17.5 Å². The van der Waals surface area contributed by atoms with Gasteiger partial charge in [0.05, 0.1) is 19.1 Å². The predicted molar refractivity (Wildman–Crippen MR) is 103 cm³/mol. The van der Waals surface area contributed by atoms with E-state index in [1.807, 2.05) is 51.1 Å². The molecular formula is C21H26N2O3. The Morgan fingerprint density at radius 3 is 2.42 bits per heavy atom. The topological polar surface area (TPSA) is 67.4 Å². The van der Waals surface area contributed by atoms with Gasteiger partial charge in [0.1, 0.15) is 5.75 Å². The normalized spacial score (nSPS) is 11.5. The van der Waals surface area contributed by atoms with E-state index in [0.717, 1.165) is 28.1 Å². The Hall–Kier alpha value is -2.82. The number of carbonyl (C=O) groups is 2. The van der Waals surface area contributed by atoms with Crippen molar-refractivity contribution in [3.8, 4) is 5.75 Å². The fourth-order valence-electron chi connectivity index (χ4n) is 2.76. The molecule has 0 heterocycles. The predicted octanol–water partition coefficient (Wildman–Crippen LogP) is 3.77. The molecule has 0 spiro atoms. The highest BCUT2D eigenvalue weighted by atomic mass is 16.5. The number of carbonyl (C=O) groups excluding carboxylic acids is 2. The molecule has 0 radical (unpaired) electrons. The molecule has 0 aliphatic heterocycles. The lowest BCUT2D eigenvalue weighted by molar-refractivity contribution is -0.121. The van der Waals surface area contributed by atoms with Gasteiger partial charge in [0.25, 0.3) is 0 Å². The third kappa shape index (κ3) is 5.62. The zero-order chi connectivity index (χ0) is 19.1. The first-order valence-corrected chi connectivity index (χ1v) is 8.78. The van der Waals surface area contributed by atoms with Gasteiger partial charge in [0.15, 0.2) is 0 Å². The molecule has 2 aromatic carbocycles. The molecule has 2 N–H and O–H groups in total. The highest BCUT2D eigenvalue weighted by molar-refractivity contribution is 5.88. The number of anilines is 1. The zero-order valence-electron chi connectivity index (χ0n) is 15.8. The molecule has 5 heteroatoms. The Labute approximate surface area is 154 Å². The van der Waals surface area contributed by atoms with Gasteiger partial charge in [0, 0.05) is 18.2 Å². The Balaban J connectivity index is 2.01. The van der Waals surface area contributed by atoms with Gasteiger partial charge in [-0.05, 0) is 44.5 Å². The van der Waals surface area contributed by atoms with Crippen LogP contribution in [0, 0.1) is 6.92 Å². The Bertz CT molecular complexity index is 769. The first-order chi connectivity index (χ1) is 12.4. The largest absolute Gasteiger partial charge is 0.494 e. The number of rotatable bonds is 7. The highest BCUT2D eigenvalue weighted by Crippen LogP contribution is 2.26. The average molecular weight is 354 g/mol. The van der Waals surface area contributed by atoms with Crippen LogP contribution in [0.5, 0.6) is 5.75 Å². The number of hydrogen-bond donors (Lipinski definition) is 2. The summed E-state index contributed by atoms with van der Waals surface area (Å²) < 4.78 is 5.67. The van der Waals surface area contributed by atoms with Gasteiger partial charge >= 0.3 is 0 Å². The smallest absolute Gasteiger partial charge is 0.224 e. The summed E-state index contributed by atoms with van der Waals surface area (Å²) in [7, 11) is 0. The molecule has 0 aliphatic carbocycles. The number of hydrogen-bond acceptors (Lipinski definition) is 3. The van der Waals surface area contributed by atoms with E-state index in [4.69, 9.17) is 4.74 Å². The fraction of sp³-hybridized carbons (Fsp3) is 0.333. The number of benzene rings is 2. The van der Waals surface area contributed by atoms with Crippen molar-refractivity contribution in [2.75, 3.05) is 11.9 Å². The van der Waals surface area contributed by atoms with Gasteiger partial charge < -0.3 is 15.4 Å². The SMILES string of the molecule is CCOc1ccc(C)cc1C(C)NC(=O)Cc1ccc(NC(C)=O)cc1. The molecule has 2 aromatic rings. The monoisotopic (exact) mass is 354 g/mol. The first kappa shape index (κ1) is 19.5. The van der Waals surface area contributed by atoms with E-state index in [0.29, 0.717) is 6.61 Å². The van der Waals surface area contributed by atoms with Gasteiger partial charge in [0.2, 0.25) is 11.8 Å². The highest BCUT2D eigenvalue weighted by Gasteiger charge is 2.15. The summed E-state index contributed by atoms with van der Waals surface area (Å²) in [6, 6.07) is 13.1. The van der Waals surface area contributed by atoms with Crippen LogP contribution in [0.2, 0.25) is 0 Å². The van der Waals surface area contributed by atoms with Gasteiger partial charge in [-0.25, -0.2) is 0 Å². The molecule has 0 fully saturated rings. The summed E-state index contributed by atoms with van der Waals surface area (Å²) in [4.78, 5) is 23.4. The minimum absolute atomic E-state index is 0.0614. The molecule has 138 valence electrons. The second-order valence-electron chi connectivity index (χ2n) is 6.32. The molecule has 26 heavy (non-hydrogen) atoms. The lowest BCUT2D eigenvalue weighted by Gasteiger charge is -2.19. The molecular weight excluding hydrogens is 328 g/mol. The summed E-state index contributed by atoms with van der Waals surface area (Å²) in [6.07, 6.45) is 0.278. The molecule has 2 rings (SSSR count). The van der Waals surface area contributed by atoms with Crippen LogP contribution in [-0.4, -0.2) is 18.4 Å². The van der Waals surface area contributed by atoms with Crippen LogP contribution in [-0.2, 0) is 16.0 Å². The molecule has 0 saturated carbocycles. The van der Waals surface area contributed by atoms with Crippen LogP contribution in [0.1, 0.15) is 43.5 Å². The van der Waals surface area contributed by atoms with Crippen molar-refractivity contribution in [2.24, 2.45) is 0 Å². The molecule has 0 bridgehead atoms. The fourth-order valence-corrected chi connectivity index (χ4v) is 2.76. The maximum Gasteiger partial charge on any atom is 0.224 e. The van der Waals surface area contributed by atoms with Crippen molar-refractivity contribution < 1.29 is 14.3 Å². The van der Waals surface area contributed by atoms with Gasteiger partial charge in [-0.2, -0.15) is 0 Å². The van der Waals surface area contributed by atoms with Crippen molar-refractivity contribution in [2.45, 2.75) is 40.2 Å². The van der Waals surface area contributed by atoms with Crippen LogP contribution in [0.15, 0.2) is 42.5 Å². The summed E-state index contributed by atoms with van der Waals surface area (Å²) in [6.45, 7) is 7.96. The summed E-state index contributed by atoms with van der Waals surface area (Å²) in [5.41, 5.74) is 3.70. The molecule has 5 nitrogen and oxygen atoms in total. The second-order valence-corrected chi connectivity index (χ2v) is 6.32. The molecule has 0 aliphatic rings. The van der Waals surface area contributed by atoms with Crippen LogP contribution in [0.25, 0.3) is 0 Å². The summed E-state index contributed by atoms with van der Waals surface area (Å²) in [5, 5.41) is 5.74. The second kappa shape index (κ2) is 9.04. The molecule has 1 unspecified atom stereocenters. The van der Waals surface area contributed by atoms with E-state index >= 15 is 0 Å². The van der Waals surface area contributed by atoms with E-state index in [2.05, 4.69) is 10.6 Å². The van der Waals surface area contributed by atoms with E-state index in [1.165, 1.54) is 6.92 Å². The Kier molecular flexibility index (Phi) is 6.78. The van der Waals surface area contributed by atoms with Gasteiger partial charge in [-0.1, -0.05) is 29.8 Å². The van der Waals surface area contributed by atoms with E-state index in [-0.39, 0.29) is 24.3 Å². The minimum atomic E-state index is -0.150. The third-order valence-electron chi connectivity index (χ3n) is 3.95. The van der Waals surface area contributed by atoms with Crippen molar-refractivity contribution in [3.05, 3.63) is 59.2 Å². The van der Waals surface area contributed by atoms with Crippen molar-refractivity contribution in [3.63, 3.8) is 0 Å².